The summed E-state index contributed by atoms with van der Waals surface area (Å²) in [7, 11) is 0. The summed E-state index contributed by atoms with van der Waals surface area (Å²) in [6.07, 6.45) is 3.67. The third kappa shape index (κ3) is 1.92. The van der Waals surface area contributed by atoms with Gasteiger partial charge in [0, 0.05) is 29.0 Å². The van der Waals surface area contributed by atoms with Crippen molar-refractivity contribution in [2.45, 2.75) is 0 Å². The van der Waals surface area contributed by atoms with Crippen LogP contribution in [0.5, 0.6) is 0 Å². The normalized spacial score (nSPS) is 10.2. The first-order chi connectivity index (χ1) is 7.18. The first-order valence-electron chi connectivity index (χ1n) is 4.26. The highest BCUT2D eigenvalue weighted by molar-refractivity contribution is 9.10. The molecule has 76 valence electrons. The Balaban J connectivity index is 2.55. The predicted octanol–water partition coefficient (Wildman–Crippen LogP) is 3.15. The molecule has 5 heteroatoms. The summed E-state index contributed by atoms with van der Waals surface area (Å²) >= 11 is 3.36. The number of hydrogen-bond donors (Lipinski definition) is 0. The number of hydrogen-bond acceptors (Lipinski definition) is 2. The number of nitrogens with zero attached hydrogens (tertiary/aromatic N) is 2. The van der Waals surface area contributed by atoms with Gasteiger partial charge in [-0.2, -0.15) is 0 Å². The van der Waals surface area contributed by atoms with Crippen molar-refractivity contribution in [1.29, 1.82) is 0 Å². The molecule has 0 saturated carbocycles. The van der Waals surface area contributed by atoms with E-state index in [4.69, 9.17) is 0 Å². The summed E-state index contributed by atoms with van der Waals surface area (Å²) in [5.41, 5.74) is 0.844. The highest BCUT2D eigenvalue weighted by Gasteiger charge is 2.09. The van der Waals surface area contributed by atoms with Crippen LogP contribution in [0.25, 0.3) is 5.69 Å². The lowest BCUT2D eigenvalue weighted by Crippen LogP contribution is -1.94. The molecule has 0 amide bonds. The van der Waals surface area contributed by atoms with Crippen molar-refractivity contribution in [3.8, 4) is 5.69 Å². The van der Waals surface area contributed by atoms with Crippen molar-refractivity contribution in [3.05, 3.63) is 57.3 Å². The summed E-state index contributed by atoms with van der Waals surface area (Å²) in [4.78, 5) is 10.2. The van der Waals surface area contributed by atoms with Gasteiger partial charge in [-0.1, -0.05) is 0 Å². The summed E-state index contributed by atoms with van der Waals surface area (Å²) in [6, 6.07) is 8.41. The van der Waals surface area contributed by atoms with Gasteiger partial charge in [-0.15, -0.1) is 0 Å². The second kappa shape index (κ2) is 3.86. The van der Waals surface area contributed by atoms with Crippen LogP contribution in [-0.4, -0.2) is 9.49 Å². The smallest absolute Gasteiger partial charge is 0.271 e. The number of aromatic nitrogens is 1. The molecule has 15 heavy (non-hydrogen) atoms. The molecule has 0 bridgehead atoms. The molecule has 2 aromatic rings. The van der Waals surface area contributed by atoms with E-state index in [2.05, 4.69) is 15.9 Å². The molecule has 2 rings (SSSR count). The first-order valence-corrected chi connectivity index (χ1v) is 5.05. The maximum absolute atomic E-state index is 10.6. The van der Waals surface area contributed by atoms with Crippen LogP contribution in [0, 0.1) is 10.1 Å². The van der Waals surface area contributed by atoms with Gasteiger partial charge in [0.05, 0.1) is 10.6 Å². The molecular formula is C10H7BrN2O2. The fourth-order valence-corrected chi connectivity index (χ4v) is 1.76. The van der Waals surface area contributed by atoms with Crippen LogP contribution in [0.2, 0.25) is 0 Å². The summed E-state index contributed by atoms with van der Waals surface area (Å²) in [5.74, 6) is 0. The van der Waals surface area contributed by atoms with Crippen molar-refractivity contribution in [2.24, 2.45) is 0 Å². The van der Waals surface area contributed by atoms with E-state index in [1.54, 1.807) is 6.07 Å². The molecule has 0 N–H and O–H groups in total. The van der Waals surface area contributed by atoms with Crippen LogP contribution in [0.15, 0.2) is 47.2 Å². The number of halogens is 1. The lowest BCUT2D eigenvalue weighted by Gasteiger charge is -2.05. The fraction of sp³-hybridized carbons (Fsp3) is 0. The minimum absolute atomic E-state index is 0.0851. The van der Waals surface area contributed by atoms with Gasteiger partial charge in [0.25, 0.3) is 5.69 Å². The standard InChI is InChI=1S/C10H7BrN2O2/c11-9-4-3-8(13(14)15)7-10(9)12-5-1-2-6-12/h1-7H. The van der Waals surface area contributed by atoms with Gasteiger partial charge in [0.15, 0.2) is 0 Å². The van der Waals surface area contributed by atoms with Crippen molar-refractivity contribution in [1.82, 2.24) is 4.57 Å². The topological polar surface area (TPSA) is 48.1 Å². The number of rotatable bonds is 2. The Bertz CT molecular complexity index is 494. The van der Waals surface area contributed by atoms with Crippen LogP contribution in [0.4, 0.5) is 5.69 Å². The average molecular weight is 267 g/mol. The predicted molar refractivity (Wildman–Crippen MR) is 60.1 cm³/mol. The van der Waals surface area contributed by atoms with E-state index in [0.717, 1.165) is 10.2 Å². The lowest BCUT2D eigenvalue weighted by molar-refractivity contribution is -0.384. The van der Waals surface area contributed by atoms with Gasteiger partial charge in [-0.05, 0) is 34.1 Å². The molecule has 0 unspecified atom stereocenters. The highest BCUT2D eigenvalue weighted by Crippen LogP contribution is 2.25. The fourth-order valence-electron chi connectivity index (χ4n) is 1.31. The number of nitro benzene ring substituents is 1. The van der Waals surface area contributed by atoms with Crippen molar-refractivity contribution in [3.63, 3.8) is 0 Å². The molecule has 4 nitrogen and oxygen atoms in total. The quantitative estimate of drug-likeness (QED) is 0.619. The van der Waals surface area contributed by atoms with Crippen LogP contribution in [0.3, 0.4) is 0 Å². The molecule has 0 spiro atoms. The molecule has 0 atom stereocenters. The molecule has 0 fully saturated rings. The largest absolute Gasteiger partial charge is 0.323 e. The van der Waals surface area contributed by atoms with Crippen molar-refractivity contribution in [2.75, 3.05) is 0 Å². The second-order valence-electron chi connectivity index (χ2n) is 2.98. The second-order valence-corrected chi connectivity index (χ2v) is 3.84. The van der Waals surface area contributed by atoms with Gasteiger partial charge in [0.2, 0.25) is 0 Å². The van der Waals surface area contributed by atoms with Crippen molar-refractivity contribution < 1.29 is 4.92 Å². The van der Waals surface area contributed by atoms with Gasteiger partial charge < -0.3 is 4.57 Å². The van der Waals surface area contributed by atoms with E-state index in [1.807, 2.05) is 29.1 Å². The molecule has 1 heterocycles. The number of benzene rings is 1. The molecule has 0 radical (unpaired) electrons. The SMILES string of the molecule is O=[N+]([O-])c1ccc(Br)c(-n2cccc2)c1. The number of non-ortho nitro benzene ring substituents is 1. The van der Waals surface area contributed by atoms with Gasteiger partial charge >= 0.3 is 0 Å². The Kier molecular flexibility index (Phi) is 2.55. The molecule has 0 saturated heterocycles. The maximum atomic E-state index is 10.6. The van der Waals surface area contributed by atoms with Crippen LogP contribution in [-0.2, 0) is 0 Å². The molecule has 0 aliphatic heterocycles. The van der Waals surface area contributed by atoms with E-state index < -0.39 is 4.92 Å². The third-order valence-corrected chi connectivity index (χ3v) is 2.69. The Morgan fingerprint density at radius 1 is 1.27 bits per heavy atom. The molecule has 1 aromatic heterocycles. The van der Waals surface area contributed by atoms with E-state index in [9.17, 15) is 10.1 Å². The summed E-state index contributed by atoms with van der Waals surface area (Å²) < 4.78 is 2.64. The van der Waals surface area contributed by atoms with Crippen molar-refractivity contribution >= 4 is 21.6 Å². The van der Waals surface area contributed by atoms with Gasteiger partial charge in [-0.3, -0.25) is 10.1 Å². The minimum atomic E-state index is -0.403. The lowest BCUT2D eigenvalue weighted by atomic mass is 10.3. The monoisotopic (exact) mass is 266 g/mol. The maximum Gasteiger partial charge on any atom is 0.271 e. The van der Waals surface area contributed by atoms with E-state index in [-0.39, 0.29) is 5.69 Å². The Hall–Kier alpha value is -1.62. The number of nitro groups is 1. The molecule has 0 aliphatic rings. The Morgan fingerprint density at radius 3 is 2.53 bits per heavy atom. The Labute approximate surface area is 94.4 Å². The van der Waals surface area contributed by atoms with Gasteiger partial charge in [0.1, 0.15) is 0 Å². The first kappa shape index (κ1) is 9.92. The molecule has 0 aliphatic carbocycles. The van der Waals surface area contributed by atoms with E-state index in [1.165, 1.54) is 12.1 Å². The minimum Gasteiger partial charge on any atom is -0.323 e. The zero-order valence-corrected chi connectivity index (χ0v) is 9.22. The summed E-state index contributed by atoms with van der Waals surface area (Å²) in [5, 5.41) is 10.6. The van der Waals surface area contributed by atoms with Crippen LogP contribution < -0.4 is 0 Å². The zero-order chi connectivity index (χ0) is 10.8. The van der Waals surface area contributed by atoms with E-state index >= 15 is 0 Å². The van der Waals surface area contributed by atoms with Gasteiger partial charge in [-0.25, -0.2) is 0 Å². The third-order valence-electron chi connectivity index (χ3n) is 2.02. The van der Waals surface area contributed by atoms with Crippen LogP contribution >= 0.6 is 15.9 Å². The average Bonchev–Trinajstić information content (AvgIpc) is 2.71. The van der Waals surface area contributed by atoms with E-state index in [0.29, 0.717) is 0 Å². The Morgan fingerprint density at radius 2 is 1.93 bits per heavy atom. The molecular weight excluding hydrogens is 260 g/mol. The molecule has 1 aromatic carbocycles. The highest BCUT2D eigenvalue weighted by atomic mass is 79.9. The zero-order valence-electron chi connectivity index (χ0n) is 7.63. The summed E-state index contributed by atoms with van der Waals surface area (Å²) in [6.45, 7) is 0. The van der Waals surface area contributed by atoms with Crippen LogP contribution in [0.1, 0.15) is 0 Å².